The van der Waals surface area contributed by atoms with Gasteiger partial charge in [-0.3, -0.25) is 14.5 Å². The average molecular weight is 514 g/mol. The van der Waals surface area contributed by atoms with Crippen LogP contribution >= 0.6 is 23.4 Å². The Kier molecular flexibility index (Phi) is 7.94. The smallest absolute Gasteiger partial charge is 0.293 e. The van der Waals surface area contributed by atoms with Gasteiger partial charge in [-0.25, -0.2) is 4.39 Å². The predicted octanol–water partition coefficient (Wildman–Crippen LogP) is 6.18. The predicted molar refractivity (Wildman–Crippen MR) is 133 cm³/mol. The van der Waals surface area contributed by atoms with Crippen molar-refractivity contribution in [2.45, 2.75) is 6.61 Å². The van der Waals surface area contributed by atoms with Crippen molar-refractivity contribution in [3.8, 4) is 17.2 Å². The number of carbonyl (C=O) groups excluding carboxylic acids is 2. The second kappa shape index (κ2) is 11.3. The summed E-state index contributed by atoms with van der Waals surface area (Å²) in [6.45, 7) is 0.192. The van der Waals surface area contributed by atoms with Gasteiger partial charge in [0.05, 0.1) is 23.6 Å². The average Bonchev–Trinajstić information content (AvgIpc) is 3.11. The van der Waals surface area contributed by atoms with Gasteiger partial charge in [-0.1, -0.05) is 41.9 Å². The molecule has 0 saturated carbocycles. The zero-order valence-corrected chi connectivity index (χ0v) is 20.3. The molecule has 6 nitrogen and oxygen atoms in total. The highest BCUT2D eigenvalue weighted by atomic mass is 35.5. The van der Waals surface area contributed by atoms with Crippen molar-refractivity contribution < 1.29 is 28.2 Å². The van der Waals surface area contributed by atoms with E-state index in [1.165, 1.54) is 12.1 Å². The maximum Gasteiger partial charge on any atom is 0.293 e. The Morgan fingerprint density at radius 2 is 1.77 bits per heavy atom. The number of ether oxygens (including phenoxy) is 3. The SMILES string of the molecule is COc1ccccc1OCCN1C(=O)S/C(=C\c2cccc(OCc3c(F)cccc3Cl)c2)C1=O. The number of hydrogen-bond acceptors (Lipinski definition) is 6. The highest BCUT2D eigenvalue weighted by Gasteiger charge is 2.34. The van der Waals surface area contributed by atoms with Gasteiger partial charge in [0, 0.05) is 5.56 Å². The minimum Gasteiger partial charge on any atom is -0.493 e. The molecule has 1 aliphatic heterocycles. The molecule has 0 radical (unpaired) electrons. The number of thioether (sulfide) groups is 1. The molecule has 2 amide bonds. The van der Waals surface area contributed by atoms with Crippen LogP contribution in [0.2, 0.25) is 5.02 Å². The largest absolute Gasteiger partial charge is 0.493 e. The second-order valence-corrected chi connectivity index (χ2v) is 8.79. The number of carbonyl (C=O) groups is 2. The maximum absolute atomic E-state index is 14.0. The van der Waals surface area contributed by atoms with Crippen molar-refractivity contribution in [2.75, 3.05) is 20.3 Å². The first-order chi connectivity index (χ1) is 17.0. The van der Waals surface area contributed by atoms with Gasteiger partial charge in [0.2, 0.25) is 0 Å². The number of methoxy groups -OCH3 is 1. The third kappa shape index (κ3) is 5.96. The molecule has 0 N–H and O–H groups in total. The van der Waals surface area contributed by atoms with Gasteiger partial charge in [-0.05, 0) is 59.8 Å². The van der Waals surface area contributed by atoms with Gasteiger partial charge < -0.3 is 14.2 Å². The van der Waals surface area contributed by atoms with Crippen molar-refractivity contribution >= 4 is 40.6 Å². The molecule has 0 aliphatic carbocycles. The summed E-state index contributed by atoms with van der Waals surface area (Å²) in [6.07, 6.45) is 1.62. The van der Waals surface area contributed by atoms with Gasteiger partial charge in [-0.15, -0.1) is 0 Å². The number of para-hydroxylation sites is 2. The molecule has 1 heterocycles. The number of amides is 2. The Hall–Kier alpha value is -3.49. The summed E-state index contributed by atoms with van der Waals surface area (Å²) < 4.78 is 30.6. The zero-order valence-electron chi connectivity index (χ0n) is 18.7. The molecule has 1 fully saturated rings. The summed E-state index contributed by atoms with van der Waals surface area (Å²) in [5.74, 6) is 0.736. The van der Waals surface area contributed by atoms with E-state index in [1.807, 2.05) is 12.1 Å². The summed E-state index contributed by atoms with van der Waals surface area (Å²) in [7, 11) is 1.54. The van der Waals surface area contributed by atoms with E-state index in [-0.39, 0.29) is 35.6 Å². The van der Waals surface area contributed by atoms with Gasteiger partial charge in [0.25, 0.3) is 11.1 Å². The number of nitrogens with zero attached hydrogens (tertiary/aromatic N) is 1. The molecule has 180 valence electrons. The topological polar surface area (TPSA) is 65.1 Å². The van der Waals surface area contributed by atoms with Crippen LogP contribution in [0.3, 0.4) is 0 Å². The van der Waals surface area contributed by atoms with Crippen molar-refractivity contribution in [1.29, 1.82) is 0 Å². The monoisotopic (exact) mass is 513 g/mol. The highest BCUT2D eigenvalue weighted by Crippen LogP contribution is 2.33. The first-order valence-corrected chi connectivity index (χ1v) is 11.8. The van der Waals surface area contributed by atoms with Crippen LogP contribution in [0.5, 0.6) is 17.2 Å². The van der Waals surface area contributed by atoms with Crippen LogP contribution in [-0.4, -0.2) is 36.3 Å². The molecule has 0 bridgehead atoms. The summed E-state index contributed by atoms with van der Waals surface area (Å²) in [5.41, 5.74) is 0.925. The van der Waals surface area contributed by atoms with Crippen molar-refractivity contribution in [3.05, 3.63) is 93.6 Å². The lowest BCUT2D eigenvalue weighted by Gasteiger charge is -2.14. The van der Waals surface area contributed by atoms with E-state index in [0.717, 1.165) is 16.7 Å². The van der Waals surface area contributed by atoms with Crippen LogP contribution in [0.15, 0.2) is 71.6 Å². The van der Waals surface area contributed by atoms with E-state index in [2.05, 4.69) is 0 Å². The lowest BCUT2D eigenvalue weighted by molar-refractivity contribution is -0.123. The summed E-state index contributed by atoms with van der Waals surface area (Å²) in [6, 6.07) is 18.5. The maximum atomic E-state index is 14.0. The molecule has 3 aromatic carbocycles. The van der Waals surface area contributed by atoms with E-state index in [9.17, 15) is 14.0 Å². The molecule has 0 atom stereocenters. The Bertz CT molecular complexity index is 1260. The molecule has 35 heavy (non-hydrogen) atoms. The van der Waals surface area contributed by atoms with Gasteiger partial charge >= 0.3 is 0 Å². The fourth-order valence-electron chi connectivity index (χ4n) is 3.35. The lowest BCUT2D eigenvalue weighted by atomic mass is 10.2. The number of benzene rings is 3. The summed E-state index contributed by atoms with van der Waals surface area (Å²) >= 11 is 6.91. The van der Waals surface area contributed by atoms with Crippen LogP contribution in [0, 0.1) is 5.82 Å². The number of imide groups is 1. The number of halogens is 2. The zero-order chi connectivity index (χ0) is 24.8. The first-order valence-electron chi connectivity index (χ1n) is 10.6. The van der Waals surface area contributed by atoms with E-state index in [0.29, 0.717) is 27.7 Å². The van der Waals surface area contributed by atoms with E-state index in [1.54, 1.807) is 55.7 Å². The van der Waals surface area contributed by atoms with Crippen molar-refractivity contribution in [1.82, 2.24) is 4.90 Å². The fourth-order valence-corrected chi connectivity index (χ4v) is 4.43. The highest BCUT2D eigenvalue weighted by molar-refractivity contribution is 8.18. The normalized spacial score (nSPS) is 14.5. The third-order valence-electron chi connectivity index (χ3n) is 5.12. The number of rotatable bonds is 9. The molecule has 0 spiro atoms. The molecule has 0 unspecified atom stereocenters. The molecule has 0 aromatic heterocycles. The van der Waals surface area contributed by atoms with Gasteiger partial charge in [0.15, 0.2) is 11.5 Å². The molecule has 9 heteroatoms. The second-order valence-electron chi connectivity index (χ2n) is 7.39. The van der Waals surface area contributed by atoms with Crippen LogP contribution in [0.25, 0.3) is 6.08 Å². The molecular formula is C26H21ClFNO5S. The lowest BCUT2D eigenvalue weighted by Crippen LogP contribution is -2.32. The Labute approximate surface area is 211 Å². The molecule has 1 saturated heterocycles. The van der Waals surface area contributed by atoms with Crippen molar-refractivity contribution in [2.24, 2.45) is 0 Å². The minimum atomic E-state index is -0.447. The molecular weight excluding hydrogens is 493 g/mol. The van der Waals surface area contributed by atoms with Crippen LogP contribution < -0.4 is 14.2 Å². The Morgan fingerprint density at radius 1 is 1.00 bits per heavy atom. The third-order valence-corrected chi connectivity index (χ3v) is 6.38. The van der Waals surface area contributed by atoms with Gasteiger partial charge in [0.1, 0.15) is 24.8 Å². The van der Waals surface area contributed by atoms with E-state index < -0.39 is 11.7 Å². The van der Waals surface area contributed by atoms with E-state index >= 15 is 0 Å². The van der Waals surface area contributed by atoms with Crippen LogP contribution in [0.1, 0.15) is 11.1 Å². The molecule has 1 aliphatic rings. The standard InChI is InChI=1S/C26H21ClFNO5S/c1-32-22-10-2-3-11-23(22)33-13-12-29-25(30)24(35-26(29)31)15-17-6-4-7-18(14-17)34-16-19-20(27)8-5-9-21(19)28/h2-11,14-15H,12-13,16H2,1H3/b24-15-. The molecule has 3 aromatic rings. The minimum absolute atomic E-state index is 0.0440. The van der Waals surface area contributed by atoms with Crippen LogP contribution in [0.4, 0.5) is 9.18 Å². The van der Waals surface area contributed by atoms with E-state index in [4.69, 9.17) is 25.8 Å². The quantitative estimate of drug-likeness (QED) is 0.318. The number of hydrogen-bond donors (Lipinski definition) is 0. The Morgan fingerprint density at radius 3 is 2.54 bits per heavy atom. The van der Waals surface area contributed by atoms with Crippen molar-refractivity contribution in [3.63, 3.8) is 0 Å². The first kappa shape index (κ1) is 24.6. The van der Waals surface area contributed by atoms with Gasteiger partial charge in [-0.2, -0.15) is 0 Å². The Balaban J connectivity index is 1.39. The van der Waals surface area contributed by atoms with Crippen LogP contribution in [-0.2, 0) is 11.4 Å². The summed E-state index contributed by atoms with van der Waals surface area (Å²) in [5, 5.41) is -0.0870. The molecule has 4 rings (SSSR count). The fraction of sp³-hybridized carbons (Fsp3) is 0.154. The summed E-state index contributed by atoms with van der Waals surface area (Å²) in [4.78, 5) is 26.7.